The van der Waals surface area contributed by atoms with Gasteiger partial charge in [-0.3, -0.25) is 0 Å². The average Bonchev–Trinajstić information content (AvgIpc) is 2.90. The molecule has 0 radical (unpaired) electrons. The van der Waals surface area contributed by atoms with E-state index in [-0.39, 0.29) is 4.88 Å². The fraction of sp³-hybridized carbons (Fsp3) is 0.118. The Bertz CT molecular complexity index is 811. The molecule has 0 atom stereocenters. The number of hydrogen-bond donors (Lipinski definition) is 0. The SMILES string of the molecule is COC(=O)c1sc2ccc(OCc3ccccc3)cc2c1F. The normalized spacial score (nSPS) is 10.6. The van der Waals surface area contributed by atoms with Crippen LogP contribution in [0.3, 0.4) is 0 Å². The van der Waals surface area contributed by atoms with Crippen LogP contribution in [-0.4, -0.2) is 13.1 Å². The highest BCUT2D eigenvalue weighted by Gasteiger charge is 2.19. The molecule has 0 aliphatic carbocycles. The van der Waals surface area contributed by atoms with Gasteiger partial charge in [0.1, 0.15) is 17.2 Å². The minimum absolute atomic E-state index is 0.0160. The number of carbonyl (C=O) groups excluding carboxylic acids is 1. The van der Waals surface area contributed by atoms with Gasteiger partial charge in [0.25, 0.3) is 0 Å². The van der Waals surface area contributed by atoms with E-state index >= 15 is 0 Å². The molecule has 3 rings (SSSR count). The zero-order chi connectivity index (χ0) is 15.5. The fourth-order valence-electron chi connectivity index (χ4n) is 2.10. The highest BCUT2D eigenvalue weighted by molar-refractivity contribution is 7.20. The molecule has 112 valence electrons. The second kappa shape index (κ2) is 6.15. The first-order valence-corrected chi connectivity index (χ1v) is 7.48. The van der Waals surface area contributed by atoms with Crippen molar-refractivity contribution in [2.45, 2.75) is 6.61 Å². The van der Waals surface area contributed by atoms with Gasteiger partial charge in [-0.1, -0.05) is 30.3 Å². The van der Waals surface area contributed by atoms with Crippen molar-refractivity contribution < 1.29 is 18.7 Å². The number of esters is 1. The molecular weight excluding hydrogens is 303 g/mol. The first kappa shape index (κ1) is 14.5. The van der Waals surface area contributed by atoms with Gasteiger partial charge in [0, 0.05) is 10.1 Å². The van der Waals surface area contributed by atoms with Crippen LogP contribution in [0.2, 0.25) is 0 Å². The predicted molar refractivity (Wildman–Crippen MR) is 83.9 cm³/mol. The maximum atomic E-state index is 14.3. The molecule has 0 bridgehead atoms. The molecule has 1 heterocycles. The van der Waals surface area contributed by atoms with E-state index in [0.717, 1.165) is 16.9 Å². The number of rotatable bonds is 4. The lowest BCUT2D eigenvalue weighted by molar-refractivity contribution is 0.0602. The van der Waals surface area contributed by atoms with Gasteiger partial charge in [0.2, 0.25) is 0 Å². The Morgan fingerprint density at radius 2 is 1.95 bits per heavy atom. The van der Waals surface area contributed by atoms with E-state index in [1.165, 1.54) is 7.11 Å². The summed E-state index contributed by atoms with van der Waals surface area (Å²) < 4.78 is 25.2. The molecule has 0 amide bonds. The van der Waals surface area contributed by atoms with Crippen LogP contribution >= 0.6 is 11.3 Å². The minimum atomic E-state index is -0.662. The number of ether oxygens (including phenoxy) is 2. The zero-order valence-electron chi connectivity index (χ0n) is 11.8. The third kappa shape index (κ3) is 2.80. The number of carbonyl (C=O) groups is 1. The topological polar surface area (TPSA) is 35.5 Å². The molecule has 22 heavy (non-hydrogen) atoms. The van der Waals surface area contributed by atoms with Crippen LogP contribution < -0.4 is 4.74 Å². The van der Waals surface area contributed by atoms with Gasteiger partial charge in [-0.15, -0.1) is 11.3 Å². The molecule has 0 unspecified atom stereocenters. The lowest BCUT2D eigenvalue weighted by Gasteiger charge is -2.06. The van der Waals surface area contributed by atoms with Gasteiger partial charge in [-0.2, -0.15) is 0 Å². The Hall–Kier alpha value is -2.40. The fourth-order valence-corrected chi connectivity index (χ4v) is 3.08. The van der Waals surface area contributed by atoms with Crippen molar-refractivity contribution in [3.63, 3.8) is 0 Å². The standard InChI is InChI=1S/C17H13FO3S/c1-20-17(19)16-15(18)13-9-12(7-8-14(13)22-16)21-10-11-5-3-2-4-6-11/h2-9H,10H2,1H3. The highest BCUT2D eigenvalue weighted by Crippen LogP contribution is 2.33. The van der Waals surface area contributed by atoms with E-state index in [4.69, 9.17) is 4.74 Å². The number of hydrogen-bond acceptors (Lipinski definition) is 4. The molecule has 1 aromatic heterocycles. The van der Waals surface area contributed by atoms with Crippen LogP contribution in [-0.2, 0) is 11.3 Å². The Morgan fingerprint density at radius 1 is 1.18 bits per heavy atom. The van der Waals surface area contributed by atoms with E-state index in [0.29, 0.717) is 22.4 Å². The Kier molecular flexibility index (Phi) is 4.06. The van der Waals surface area contributed by atoms with Crippen molar-refractivity contribution in [1.82, 2.24) is 0 Å². The van der Waals surface area contributed by atoms with Gasteiger partial charge in [-0.25, -0.2) is 9.18 Å². The van der Waals surface area contributed by atoms with Gasteiger partial charge in [0.15, 0.2) is 5.82 Å². The summed E-state index contributed by atoms with van der Waals surface area (Å²) in [5.74, 6) is -0.660. The molecule has 0 saturated carbocycles. The summed E-state index contributed by atoms with van der Waals surface area (Å²) in [6.45, 7) is 0.405. The smallest absolute Gasteiger partial charge is 0.351 e. The molecule has 3 aromatic rings. The summed E-state index contributed by atoms with van der Waals surface area (Å²) in [5.41, 5.74) is 1.03. The van der Waals surface area contributed by atoms with Crippen LogP contribution in [0.25, 0.3) is 10.1 Å². The molecule has 0 aliphatic heterocycles. The number of benzene rings is 2. The molecule has 2 aromatic carbocycles. The van der Waals surface area contributed by atoms with E-state index in [1.54, 1.807) is 18.2 Å². The van der Waals surface area contributed by atoms with Crippen LogP contribution in [0, 0.1) is 5.82 Å². The molecule has 0 aliphatic rings. The lowest BCUT2D eigenvalue weighted by Crippen LogP contribution is -2.00. The molecule has 0 spiro atoms. The summed E-state index contributed by atoms with van der Waals surface area (Å²) in [4.78, 5) is 11.5. The summed E-state index contributed by atoms with van der Waals surface area (Å²) in [6, 6.07) is 14.8. The van der Waals surface area contributed by atoms with E-state index in [9.17, 15) is 9.18 Å². The van der Waals surface area contributed by atoms with Crippen molar-refractivity contribution >= 4 is 27.4 Å². The molecule has 5 heteroatoms. The largest absolute Gasteiger partial charge is 0.489 e. The van der Waals surface area contributed by atoms with Crippen LogP contribution in [0.5, 0.6) is 5.75 Å². The van der Waals surface area contributed by atoms with Crippen LogP contribution in [0.1, 0.15) is 15.2 Å². The summed E-state index contributed by atoms with van der Waals surface area (Å²) in [6.07, 6.45) is 0. The molecule has 0 saturated heterocycles. The maximum Gasteiger partial charge on any atom is 0.351 e. The highest BCUT2D eigenvalue weighted by atomic mass is 32.1. The monoisotopic (exact) mass is 316 g/mol. The van der Waals surface area contributed by atoms with E-state index < -0.39 is 11.8 Å². The molecule has 0 fully saturated rings. The van der Waals surface area contributed by atoms with Crippen LogP contribution in [0.4, 0.5) is 4.39 Å². The summed E-state index contributed by atoms with van der Waals surface area (Å²) in [5, 5.41) is 0.371. The summed E-state index contributed by atoms with van der Waals surface area (Å²) in [7, 11) is 1.24. The van der Waals surface area contributed by atoms with Crippen molar-refractivity contribution in [2.75, 3.05) is 7.11 Å². The minimum Gasteiger partial charge on any atom is -0.489 e. The predicted octanol–water partition coefficient (Wildman–Crippen LogP) is 4.41. The van der Waals surface area contributed by atoms with Crippen molar-refractivity contribution in [2.24, 2.45) is 0 Å². The third-order valence-corrected chi connectivity index (χ3v) is 4.34. The number of thiophene rings is 1. The quantitative estimate of drug-likeness (QED) is 0.669. The third-order valence-electron chi connectivity index (χ3n) is 3.22. The van der Waals surface area contributed by atoms with Gasteiger partial charge in [0.05, 0.1) is 7.11 Å². The number of halogens is 1. The molecule has 3 nitrogen and oxygen atoms in total. The first-order valence-electron chi connectivity index (χ1n) is 6.66. The number of methoxy groups -OCH3 is 1. The van der Waals surface area contributed by atoms with Crippen molar-refractivity contribution in [1.29, 1.82) is 0 Å². The zero-order valence-corrected chi connectivity index (χ0v) is 12.7. The van der Waals surface area contributed by atoms with Gasteiger partial charge < -0.3 is 9.47 Å². The maximum absolute atomic E-state index is 14.3. The van der Waals surface area contributed by atoms with Crippen molar-refractivity contribution in [3.05, 3.63) is 64.8 Å². The molecule has 0 N–H and O–H groups in total. The Labute approximate surface area is 130 Å². The van der Waals surface area contributed by atoms with E-state index in [1.807, 2.05) is 30.3 Å². The van der Waals surface area contributed by atoms with Gasteiger partial charge >= 0.3 is 5.97 Å². The second-order valence-electron chi connectivity index (χ2n) is 4.67. The lowest BCUT2D eigenvalue weighted by atomic mass is 10.2. The van der Waals surface area contributed by atoms with E-state index in [2.05, 4.69) is 4.74 Å². The second-order valence-corrected chi connectivity index (χ2v) is 5.72. The Balaban J connectivity index is 1.86. The van der Waals surface area contributed by atoms with Crippen molar-refractivity contribution in [3.8, 4) is 5.75 Å². The first-order chi connectivity index (χ1) is 10.7. The van der Waals surface area contributed by atoms with Crippen LogP contribution in [0.15, 0.2) is 48.5 Å². The summed E-state index contributed by atoms with van der Waals surface area (Å²) >= 11 is 1.07. The average molecular weight is 316 g/mol. The Morgan fingerprint density at radius 3 is 2.68 bits per heavy atom. The molecular formula is C17H13FO3S. The number of fused-ring (bicyclic) bond motifs is 1. The van der Waals surface area contributed by atoms with Gasteiger partial charge in [-0.05, 0) is 23.8 Å².